The van der Waals surface area contributed by atoms with Crippen molar-refractivity contribution >= 4 is 13.1 Å². The molecule has 1 rings (SSSR count). The molecule has 0 aliphatic rings. The zero-order valence-electron chi connectivity index (χ0n) is 6.22. The number of carbonyl (C=O) groups is 1. The Morgan fingerprint density at radius 3 is 2.62 bits per heavy atom. The Morgan fingerprint density at radius 2 is 2.15 bits per heavy atom. The van der Waals surface area contributed by atoms with Crippen LogP contribution in [0.1, 0.15) is 10.5 Å². The Kier molecular flexibility index (Phi) is 2.56. The van der Waals surface area contributed by atoms with Crippen LogP contribution in [0.15, 0.2) is 18.3 Å². The number of halogens is 1. The third-order valence-electron chi connectivity index (χ3n) is 1.23. The lowest BCUT2D eigenvalue weighted by Gasteiger charge is -2.01. The number of nitrogens with zero attached hydrogens (tertiary/aromatic N) is 1. The van der Waals surface area contributed by atoms with Crippen LogP contribution in [0, 0.1) is 5.82 Å². The normalized spacial score (nSPS) is 11.3. The highest BCUT2D eigenvalue weighted by Crippen LogP contribution is 2.38. The van der Waals surface area contributed by atoms with E-state index in [1.807, 2.05) is 0 Å². The van der Waals surface area contributed by atoms with Crippen molar-refractivity contribution in [3.63, 3.8) is 0 Å². The summed E-state index contributed by atoms with van der Waals surface area (Å²) in [5, 5.41) is 0. The molecule has 5 nitrogen and oxygen atoms in total. The van der Waals surface area contributed by atoms with Crippen LogP contribution in [-0.2, 0) is 4.57 Å². The molecule has 0 saturated carbocycles. The second-order valence-corrected chi connectivity index (χ2v) is 3.68. The summed E-state index contributed by atoms with van der Waals surface area (Å²) >= 11 is 0. The molecule has 0 atom stereocenters. The second kappa shape index (κ2) is 3.33. The van der Waals surface area contributed by atoms with Crippen molar-refractivity contribution in [2.24, 2.45) is 0 Å². The summed E-state index contributed by atoms with van der Waals surface area (Å²) in [7, 11) is -4.95. The summed E-state index contributed by atoms with van der Waals surface area (Å²) in [5.41, 5.74) is -2.44. The Morgan fingerprint density at radius 1 is 1.54 bits per heavy atom. The molecule has 0 bridgehead atoms. The molecule has 1 heterocycles. The van der Waals surface area contributed by atoms with Crippen LogP contribution in [-0.4, -0.2) is 20.3 Å². The Balaban J connectivity index is 3.18. The lowest BCUT2D eigenvalue weighted by Crippen LogP contribution is -2.05. The van der Waals surface area contributed by atoms with E-state index < -0.39 is 24.6 Å². The van der Waals surface area contributed by atoms with Crippen molar-refractivity contribution in [1.82, 2.24) is 4.98 Å². The SMILES string of the molecule is O=C(c1ncccc1F)P(=O)(O)O. The number of rotatable bonds is 2. The highest BCUT2D eigenvalue weighted by atomic mass is 31.2. The van der Waals surface area contributed by atoms with Gasteiger partial charge in [0.2, 0.25) is 0 Å². The molecule has 0 fully saturated rings. The van der Waals surface area contributed by atoms with Gasteiger partial charge < -0.3 is 9.79 Å². The van der Waals surface area contributed by atoms with Gasteiger partial charge in [0, 0.05) is 6.20 Å². The van der Waals surface area contributed by atoms with Gasteiger partial charge in [-0.15, -0.1) is 0 Å². The fraction of sp³-hybridized carbons (Fsp3) is 0. The van der Waals surface area contributed by atoms with Gasteiger partial charge in [0.15, 0.2) is 11.5 Å². The second-order valence-electron chi connectivity index (χ2n) is 2.18. The number of carbonyl (C=O) groups excluding carboxylic acids is 1. The fourth-order valence-corrected chi connectivity index (χ4v) is 1.12. The molecule has 1 aromatic rings. The number of hydrogen-bond acceptors (Lipinski definition) is 3. The molecule has 1 aromatic heterocycles. The zero-order valence-corrected chi connectivity index (χ0v) is 7.11. The molecular formula is C6H5FNO4P. The summed E-state index contributed by atoms with van der Waals surface area (Å²) in [5.74, 6) is -1.05. The van der Waals surface area contributed by atoms with E-state index in [9.17, 15) is 13.8 Å². The van der Waals surface area contributed by atoms with E-state index in [4.69, 9.17) is 9.79 Å². The Bertz CT molecular complexity index is 388. The average molecular weight is 205 g/mol. The lowest BCUT2D eigenvalue weighted by molar-refractivity contribution is 0.103. The van der Waals surface area contributed by atoms with Crippen LogP contribution < -0.4 is 0 Å². The molecule has 0 aromatic carbocycles. The molecule has 7 heteroatoms. The highest BCUT2D eigenvalue weighted by molar-refractivity contribution is 7.70. The predicted octanol–water partition coefficient (Wildman–Crippen LogP) is 0.539. The van der Waals surface area contributed by atoms with Crippen molar-refractivity contribution in [1.29, 1.82) is 0 Å². The van der Waals surface area contributed by atoms with Crippen LogP contribution in [0.2, 0.25) is 0 Å². The fourth-order valence-electron chi connectivity index (χ4n) is 0.681. The third-order valence-corrected chi connectivity index (χ3v) is 1.97. The molecule has 0 saturated heterocycles. The van der Waals surface area contributed by atoms with E-state index in [1.54, 1.807) is 0 Å². The summed E-state index contributed by atoms with van der Waals surface area (Å²) in [6.07, 6.45) is 1.08. The van der Waals surface area contributed by atoms with E-state index in [2.05, 4.69) is 4.98 Å². The van der Waals surface area contributed by atoms with Crippen LogP contribution >= 0.6 is 7.60 Å². The zero-order chi connectivity index (χ0) is 10.1. The van der Waals surface area contributed by atoms with Gasteiger partial charge in [0.25, 0.3) is 5.52 Å². The molecule has 2 N–H and O–H groups in total. The quantitative estimate of drug-likeness (QED) is 0.688. The first kappa shape index (κ1) is 9.98. The lowest BCUT2D eigenvalue weighted by atomic mass is 10.3. The Hall–Kier alpha value is -1.10. The predicted molar refractivity (Wildman–Crippen MR) is 40.6 cm³/mol. The van der Waals surface area contributed by atoms with Crippen LogP contribution in [0.5, 0.6) is 0 Å². The number of aromatic nitrogens is 1. The first-order chi connectivity index (χ1) is 5.93. The van der Waals surface area contributed by atoms with Gasteiger partial charge in [0.05, 0.1) is 0 Å². The minimum absolute atomic E-state index is 0.837. The van der Waals surface area contributed by atoms with Gasteiger partial charge in [-0.3, -0.25) is 9.36 Å². The Labute approximate surface area is 72.4 Å². The summed E-state index contributed by atoms with van der Waals surface area (Å²) in [6.45, 7) is 0. The molecule has 0 aliphatic heterocycles. The summed E-state index contributed by atoms with van der Waals surface area (Å²) in [6, 6.07) is 2.11. The van der Waals surface area contributed by atoms with Gasteiger partial charge in [-0.05, 0) is 12.1 Å². The van der Waals surface area contributed by atoms with Crippen molar-refractivity contribution in [3.8, 4) is 0 Å². The van der Waals surface area contributed by atoms with Crippen molar-refractivity contribution < 1.29 is 23.5 Å². The molecule has 13 heavy (non-hydrogen) atoms. The molecule has 0 amide bonds. The van der Waals surface area contributed by atoms with Crippen LogP contribution in [0.4, 0.5) is 4.39 Å². The average Bonchev–Trinajstić information content (AvgIpc) is 2.02. The molecule has 0 unspecified atom stereocenters. The van der Waals surface area contributed by atoms with E-state index in [1.165, 1.54) is 6.07 Å². The molecule has 70 valence electrons. The molecule has 0 spiro atoms. The van der Waals surface area contributed by atoms with Gasteiger partial charge >= 0.3 is 7.60 Å². The third kappa shape index (κ3) is 2.18. The van der Waals surface area contributed by atoms with Crippen molar-refractivity contribution in [2.75, 3.05) is 0 Å². The summed E-state index contributed by atoms with van der Waals surface area (Å²) < 4.78 is 23.2. The number of hydrogen-bond donors (Lipinski definition) is 2. The van der Waals surface area contributed by atoms with Gasteiger partial charge in [-0.2, -0.15) is 0 Å². The van der Waals surface area contributed by atoms with Gasteiger partial charge in [0.1, 0.15) is 0 Å². The highest BCUT2D eigenvalue weighted by Gasteiger charge is 2.30. The first-order valence-electron chi connectivity index (χ1n) is 3.14. The molecule has 0 radical (unpaired) electrons. The van der Waals surface area contributed by atoms with E-state index >= 15 is 0 Å². The minimum Gasteiger partial charge on any atom is -0.319 e. The topological polar surface area (TPSA) is 87.5 Å². The summed E-state index contributed by atoms with van der Waals surface area (Å²) in [4.78, 5) is 30.9. The largest absolute Gasteiger partial charge is 0.398 e. The van der Waals surface area contributed by atoms with Crippen molar-refractivity contribution in [2.45, 2.75) is 0 Å². The first-order valence-corrected chi connectivity index (χ1v) is 4.75. The number of pyridine rings is 1. The van der Waals surface area contributed by atoms with Crippen LogP contribution in [0.3, 0.4) is 0 Å². The standard InChI is InChI=1S/C6H5FNO4P/c7-4-2-1-3-8-5(4)6(9)13(10,11)12/h1-3H,(H2,10,11,12). The maximum atomic E-state index is 12.7. The smallest absolute Gasteiger partial charge is 0.319 e. The molecular weight excluding hydrogens is 200 g/mol. The van der Waals surface area contributed by atoms with Crippen LogP contribution in [0.25, 0.3) is 0 Å². The maximum absolute atomic E-state index is 12.7. The maximum Gasteiger partial charge on any atom is 0.398 e. The molecule has 0 aliphatic carbocycles. The van der Waals surface area contributed by atoms with E-state index in [0.717, 1.165) is 12.3 Å². The minimum atomic E-state index is -4.95. The van der Waals surface area contributed by atoms with Gasteiger partial charge in [-0.1, -0.05) is 0 Å². The monoisotopic (exact) mass is 205 g/mol. The van der Waals surface area contributed by atoms with E-state index in [-0.39, 0.29) is 0 Å². The van der Waals surface area contributed by atoms with E-state index in [0.29, 0.717) is 0 Å². The van der Waals surface area contributed by atoms with Gasteiger partial charge in [-0.25, -0.2) is 9.37 Å². The van der Waals surface area contributed by atoms with Crippen molar-refractivity contribution in [3.05, 3.63) is 29.8 Å².